The summed E-state index contributed by atoms with van der Waals surface area (Å²) in [5, 5.41) is 3.38. The number of hydrogen-bond donors (Lipinski definition) is 1. The van der Waals surface area contributed by atoms with E-state index in [-0.39, 0.29) is 0 Å². The predicted octanol–water partition coefficient (Wildman–Crippen LogP) is 2.30. The molecule has 1 fully saturated rings. The van der Waals surface area contributed by atoms with Gasteiger partial charge >= 0.3 is 0 Å². The summed E-state index contributed by atoms with van der Waals surface area (Å²) in [5.74, 6) is 2.12. The van der Waals surface area contributed by atoms with Crippen LogP contribution in [0.4, 0.5) is 0 Å². The lowest BCUT2D eigenvalue weighted by molar-refractivity contribution is 0.0987. The van der Waals surface area contributed by atoms with Crippen molar-refractivity contribution < 1.29 is 4.42 Å². The molecule has 1 saturated heterocycles. The van der Waals surface area contributed by atoms with Gasteiger partial charge in [-0.2, -0.15) is 0 Å². The van der Waals surface area contributed by atoms with Crippen molar-refractivity contribution in [2.45, 2.75) is 52.9 Å². The fourth-order valence-corrected chi connectivity index (χ4v) is 2.57. The van der Waals surface area contributed by atoms with E-state index in [1.807, 2.05) is 0 Å². The molecule has 0 radical (unpaired) electrons. The average molecular weight is 279 g/mol. The molecule has 1 aromatic rings. The fraction of sp³-hybridized carbons (Fsp3) is 0.750. The topological polar surface area (TPSA) is 31.6 Å². The van der Waals surface area contributed by atoms with Crippen LogP contribution < -0.4 is 5.32 Å². The fourth-order valence-electron chi connectivity index (χ4n) is 2.57. The summed E-state index contributed by atoms with van der Waals surface area (Å²) in [6.45, 7) is 15.2. The molecular weight excluding hydrogens is 250 g/mol. The first-order chi connectivity index (χ1) is 9.54. The van der Waals surface area contributed by atoms with Crippen LogP contribution in [0.25, 0.3) is 0 Å². The molecule has 4 heteroatoms. The zero-order valence-corrected chi connectivity index (χ0v) is 13.4. The van der Waals surface area contributed by atoms with Crippen molar-refractivity contribution in [3.63, 3.8) is 0 Å². The molecule has 0 bridgehead atoms. The molecule has 0 aliphatic carbocycles. The molecule has 2 heterocycles. The maximum absolute atomic E-state index is 5.89. The van der Waals surface area contributed by atoms with Gasteiger partial charge in [-0.1, -0.05) is 13.8 Å². The highest BCUT2D eigenvalue weighted by Crippen LogP contribution is 2.13. The van der Waals surface area contributed by atoms with Gasteiger partial charge in [0.2, 0.25) is 0 Å². The number of rotatable bonds is 6. The summed E-state index contributed by atoms with van der Waals surface area (Å²) in [5.41, 5.74) is 0. The second kappa shape index (κ2) is 7.25. The summed E-state index contributed by atoms with van der Waals surface area (Å²) < 4.78 is 5.89. The minimum atomic E-state index is 0.493. The highest BCUT2D eigenvalue weighted by molar-refractivity contribution is 5.07. The Labute approximate surface area is 123 Å². The summed E-state index contributed by atoms with van der Waals surface area (Å²) in [6.07, 6.45) is 0. The molecule has 0 saturated carbocycles. The highest BCUT2D eigenvalue weighted by Gasteiger charge is 2.19. The van der Waals surface area contributed by atoms with E-state index in [2.05, 4.69) is 54.9 Å². The third kappa shape index (κ3) is 4.62. The van der Waals surface area contributed by atoms with Gasteiger partial charge in [0, 0.05) is 38.3 Å². The van der Waals surface area contributed by atoms with Crippen molar-refractivity contribution in [2.75, 3.05) is 26.2 Å². The zero-order chi connectivity index (χ0) is 14.5. The van der Waals surface area contributed by atoms with E-state index in [4.69, 9.17) is 4.42 Å². The van der Waals surface area contributed by atoms with Crippen molar-refractivity contribution in [3.8, 4) is 0 Å². The van der Waals surface area contributed by atoms with Gasteiger partial charge in [0.05, 0.1) is 13.1 Å². The smallest absolute Gasteiger partial charge is 0.118 e. The summed E-state index contributed by atoms with van der Waals surface area (Å²) in [7, 11) is 0. The number of furan rings is 1. The minimum absolute atomic E-state index is 0.493. The van der Waals surface area contributed by atoms with E-state index in [1.54, 1.807) is 0 Å². The molecule has 0 atom stereocenters. The zero-order valence-electron chi connectivity index (χ0n) is 13.4. The standard InChI is InChI=1S/C16H29N3O/c1-13(2)17-11-15-5-6-16(20-15)12-18-7-9-19(10-8-18)14(3)4/h5-6,13-14,17H,7-12H2,1-4H3. The maximum atomic E-state index is 5.89. The van der Waals surface area contributed by atoms with Crippen LogP contribution >= 0.6 is 0 Å². The quantitative estimate of drug-likeness (QED) is 0.866. The number of nitrogens with one attached hydrogen (secondary N) is 1. The largest absolute Gasteiger partial charge is 0.463 e. The van der Waals surface area contributed by atoms with Crippen LogP contribution in [-0.4, -0.2) is 48.1 Å². The van der Waals surface area contributed by atoms with E-state index in [9.17, 15) is 0 Å². The lowest BCUT2D eigenvalue weighted by atomic mass is 10.2. The van der Waals surface area contributed by atoms with E-state index < -0.39 is 0 Å². The molecule has 1 aliphatic rings. The third-order valence-corrected chi connectivity index (χ3v) is 3.92. The van der Waals surface area contributed by atoms with E-state index in [1.165, 1.54) is 13.1 Å². The molecule has 0 spiro atoms. The third-order valence-electron chi connectivity index (χ3n) is 3.92. The Kier molecular flexibility index (Phi) is 5.64. The first-order valence-corrected chi connectivity index (χ1v) is 7.82. The van der Waals surface area contributed by atoms with Crippen LogP contribution in [-0.2, 0) is 13.1 Å². The Morgan fingerprint density at radius 3 is 2.30 bits per heavy atom. The Morgan fingerprint density at radius 1 is 1.05 bits per heavy atom. The second-order valence-electron chi connectivity index (χ2n) is 6.31. The summed E-state index contributed by atoms with van der Waals surface area (Å²) in [6, 6.07) is 5.36. The number of piperazine rings is 1. The van der Waals surface area contributed by atoms with E-state index in [0.29, 0.717) is 12.1 Å². The Morgan fingerprint density at radius 2 is 1.70 bits per heavy atom. The van der Waals surface area contributed by atoms with Crippen LogP contribution in [0, 0.1) is 0 Å². The average Bonchev–Trinajstić information content (AvgIpc) is 2.84. The molecular formula is C16H29N3O. The summed E-state index contributed by atoms with van der Waals surface area (Å²) >= 11 is 0. The Balaban J connectivity index is 1.77. The predicted molar refractivity (Wildman–Crippen MR) is 82.7 cm³/mol. The molecule has 0 unspecified atom stereocenters. The Bertz CT molecular complexity index is 392. The van der Waals surface area contributed by atoms with Crippen LogP contribution in [0.1, 0.15) is 39.2 Å². The van der Waals surface area contributed by atoms with E-state index >= 15 is 0 Å². The van der Waals surface area contributed by atoms with Gasteiger partial charge in [0.15, 0.2) is 0 Å². The molecule has 4 nitrogen and oxygen atoms in total. The summed E-state index contributed by atoms with van der Waals surface area (Å²) in [4.78, 5) is 5.02. The van der Waals surface area contributed by atoms with Gasteiger partial charge in [-0.15, -0.1) is 0 Å². The number of nitrogens with zero attached hydrogens (tertiary/aromatic N) is 2. The van der Waals surface area contributed by atoms with Crippen molar-refractivity contribution >= 4 is 0 Å². The van der Waals surface area contributed by atoms with Gasteiger partial charge in [0.25, 0.3) is 0 Å². The van der Waals surface area contributed by atoms with Crippen LogP contribution in [0.2, 0.25) is 0 Å². The molecule has 114 valence electrons. The lowest BCUT2D eigenvalue weighted by Crippen LogP contribution is -2.48. The molecule has 0 amide bonds. The number of hydrogen-bond acceptors (Lipinski definition) is 4. The lowest BCUT2D eigenvalue weighted by Gasteiger charge is -2.36. The van der Waals surface area contributed by atoms with Crippen molar-refractivity contribution in [1.29, 1.82) is 0 Å². The maximum Gasteiger partial charge on any atom is 0.118 e. The van der Waals surface area contributed by atoms with Gasteiger partial charge in [-0.25, -0.2) is 0 Å². The normalized spacial score (nSPS) is 18.3. The molecule has 1 aliphatic heterocycles. The first kappa shape index (κ1) is 15.5. The van der Waals surface area contributed by atoms with Crippen molar-refractivity contribution in [2.24, 2.45) is 0 Å². The van der Waals surface area contributed by atoms with Crippen LogP contribution in [0.5, 0.6) is 0 Å². The first-order valence-electron chi connectivity index (χ1n) is 7.82. The van der Waals surface area contributed by atoms with Crippen LogP contribution in [0.3, 0.4) is 0 Å². The highest BCUT2D eigenvalue weighted by atomic mass is 16.3. The Hall–Kier alpha value is -0.840. The molecule has 2 rings (SSSR count). The van der Waals surface area contributed by atoms with Crippen molar-refractivity contribution in [1.82, 2.24) is 15.1 Å². The second-order valence-corrected chi connectivity index (χ2v) is 6.31. The molecule has 1 N–H and O–H groups in total. The molecule has 0 aromatic carbocycles. The SMILES string of the molecule is CC(C)NCc1ccc(CN2CCN(C(C)C)CC2)o1. The van der Waals surface area contributed by atoms with Gasteiger partial charge < -0.3 is 9.73 Å². The molecule has 20 heavy (non-hydrogen) atoms. The van der Waals surface area contributed by atoms with E-state index in [0.717, 1.165) is 37.7 Å². The van der Waals surface area contributed by atoms with Crippen LogP contribution in [0.15, 0.2) is 16.5 Å². The molecule has 1 aromatic heterocycles. The van der Waals surface area contributed by atoms with Gasteiger partial charge in [0.1, 0.15) is 11.5 Å². The van der Waals surface area contributed by atoms with Crippen molar-refractivity contribution in [3.05, 3.63) is 23.7 Å². The van der Waals surface area contributed by atoms with Gasteiger partial charge in [-0.05, 0) is 26.0 Å². The monoisotopic (exact) mass is 279 g/mol. The minimum Gasteiger partial charge on any atom is -0.463 e. The van der Waals surface area contributed by atoms with Gasteiger partial charge in [-0.3, -0.25) is 9.80 Å².